The highest BCUT2D eigenvalue weighted by atomic mass is 19.4. The molecule has 2 N–H and O–H groups in total. The fourth-order valence-corrected chi connectivity index (χ4v) is 3.21. The van der Waals surface area contributed by atoms with Gasteiger partial charge in [-0.1, -0.05) is 36.4 Å². The van der Waals surface area contributed by atoms with Gasteiger partial charge < -0.3 is 10.6 Å². The van der Waals surface area contributed by atoms with Crippen LogP contribution in [0.15, 0.2) is 48.5 Å². The molecule has 0 radical (unpaired) electrons. The molecule has 0 unspecified atom stereocenters. The van der Waals surface area contributed by atoms with Gasteiger partial charge in [0.2, 0.25) is 0 Å². The summed E-state index contributed by atoms with van der Waals surface area (Å²) >= 11 is 0. The molecule has 1 atom stereocenters. The first-order valence-corrected chi connectivity index (χ1v) is 8.43. The van der Waals surface area contributed by atoms with E-state index >= 15 is 0 Å². The van der Waals surface area contributed by atoms with E-state index in [-0.39, 0.29) is 0 Å². The molecule has 2 aromatic carbocycles. The number of anilines is 1. The van der Waals surface area contributed by atoms with Gasteiger partial charge in [-0.05, 0) is 25.1 Å². The number of halogens is 3. The Labute approximate surface area is 148 Å². The van der Waals surface area contributed by atoms with Crippen LogP contribution in [-0.4, -0.2) is 29.3 Å². The van der Waals surface area contributed by atoms with Crippen LogP contribution in [0.3, 0.4) is 0 Å². The predicted octanol–water partition coefficient (Wildman–Crippen LogP) is 4.09. The lowest BCUT2D eigenvalue weighted by Gasteiger charge is -2.15. The van der Waals surface area contributed by atoms with Gasteiger partial charge >= 0.3 is 6.18 Å². The maximum absolute atomic E-state index is 12.8. The third-order valence-corrected chi connectivity index (χ3v) is 4.57. The maximum Gasteiger partial charge on any atom is 0.416 e. The third-order valence-electron chi connectivity index (χ3n) is 4.57. The molecule has 1 aliphatic heterocycles. The molecule has 0 spiro atoms. The first-order chi connectivity index (χ1) is 12.5. The van der Waals surface area contributed by atoms with E-state index < -0.39 is 11.7 Å². The summed E-state index contributed by atoms with van der Waals surface area (Å²) in [6.45, 7) is 1.84. The van der Waals surface area contributed by atoms with Crippen molar-refractivity contribution in [2.45, 2.75) is 18.6 Å². The number of hydrogen-bond donors (Lipinski definition) is 2. The Morgan fingerprint density at radius 2 is 1.69 bits per heavy atom. The Hall–Kier alpha value is -2.67. The number of rotatable bonds is 3. The number of nitrogens with one attached hydrogen (secondary N) is 2. The minimum atomic E-state index is -4.35. The molecule has 4 rings (SSSR count). The monoisotopic (exact) mass is 358 g/mol. The molecule has 3 aromatic rings. The molecule has 26 heavy (non-hydrogen) atoms. The molecule has 2 heterocycles. The zero-order chi connectivity index (χ0) is 18.1. The van der Waals surface area contributed by atoms with Crippen molar-refractivity contribution < 1.29 is 13.2 Å². The van der Waals surface area contributed by atoms with E-state index in [4.69, 9.17) is 0 Å². The van der Waals surface area contributed by atoms with Crippen molar-refractivity contribution in [3.05, 3.63) is 54.1 Å². The third kappa shape index (κ3) is 3.22. The number of alkyl halides is 3. The van der Waals surface area contributed by atoms with Crippen molar-refractivity contribution in [3.8, 4) is 11.3 Å². The molecular weight excluding hydrogens is 341 g/mol. The summed E-state index contributed by atoms with van der Waals surface area (Å²) < 4.78 is 38.3. The molecule has 1 saturated heterocycles. The van der Waals surface area contributed by atoms with Gasteiger partial charge in [0.15, 0.2) is 5.82 Å². The summed E-state index contributed by atoms with van der Waals surface area (Å²) in [4.78, 5) is 0. The standard InChI is InChI=1S/C19H17F3N4/c20-19(21,22)13-7-5-12(6-8-13)17-15-3-1-2-4-16(15)18(26-25-17)24-14-9-10-23-11-14/h1-8,14,23H,9-11H2,(H,24,26)/t14-/m1/s1. The van der Waals surface area contributed by atoms with Crippen molar-refractivity contribution >= 4 is 16.6 Å². The largest absolute Gasteiger partial charge is 0.416 e. The van der Waals surface area contributed by atoms with Crippen LogP contribution < -0.4 is 10.6 Å². The van der Waals surface area contributed by atoms with Crippen LogP contribution in [0, 0.1) is 0 Å². The molecule has 0 saturated carbocycles. The van der Waals surface area contributed by atoms with Gasteiger partial charge in [0.1, 0.15) is 5.69 Å². The zero-order valence-corrected chi connectivity index (χ0v) is 13.8. The molecule has 0 aliphatic carbocycles. The van der Waals surface area contributed by atoms with E-state index in [1.807, 2.05) is 24.3 Å². The number of hydrogen-bond acceptors (Lipinski definition) is 4. The van der Waals surface area contributed by atoms with E-state index in [0.29, 0.717) is 23.1 Å². The molecule has 4 nitrogen and oxygen atoms in total. The van der Waals surface area contributed by atoms with Gasteiger partial charge in [-0.15, -0.1) is 10.2 Å². The Balaban J connectivity index is 1.74. The Kier molecular flexibility index (Phi) is 4.24. The molecule has 0 bridgehead atoms. The van der Waals surface area contributed by atoms with Crippen LogP contribution in [-0.2, 0) is 6.18 Å². The van der Waals surface area contributed by atoms with Gasteiger partial charge in [-0.25, -0.2) is 0 Å². The molecule has 134 valence electrons. The second kappa shape index (κ2) is 6.57. The second-order valence-corrected chi connectivity index (χ2v) is 6.35. The van der Waals surface area contributed by atoms with E-state index in [2.05, 4.69) is 20.8 Å². The minimum Gasteiger partial charge on any atom is -0.364 e. The number of aromatic nitrogens is 2. The normalized spacial score (nSPS) is 17.6. The molecule has 1 aromatic heterocycles. The molecular formula is C19H17F3N4. The summed E-state index contributed by atoms with van der Waals surface area (Å²) in [7, 11) is 0. The predicted molar refractivity (Wildman–Crippen MR) is 94.9 cm³/mol. The topological polar surface area (TPSA) is 49.8 Å². The Morgan fingerprint density at radius 1 is 0.962 bits per heavy atom. The van der Waals surface area contributed by atoms with Crippen LogP contribution in [0.2, 0.25) is 0 Å². The van der Waals surface area contributed by atoms with Gasteiger partial charge in [-0.2, -0.15) is 13.2 Å². The maximum atomic E-state index is 12.8. The van der Waals surface area contributed by atoms with Crippen molar-refractivity contribution in [1.82, 2.24) is 15.5 Å². The summed E-state index contributed by atoms with van der Waals surface area (Å²) in [5.74, 6) is 0.699. The molecule has 7 heteroatoms. The first-order valence-electron chi connectivity index (χ1n) is 8.43. The van der Waals surface area contributed by atoms with Crippen molar-refractivity contribution in [1.29, 1.82) is 0 Å². The summed E-state index contributed by atoms with van der Waals surface area (Å²) in [6, 6.07) is 13.0. The summed E-state index contributed by atoms with van der Waals surface area (Å²) in [5.41, 5.74) is 0.505. The lowest BCUT2D eigenvalue weighted by atomic mass is 10.0. The summed E-state index contributed by atoms with van der Waals surface area (Å²) in [6.07, 6.45) is -3.34. The van der Waals surface area contributed by atoms with Gasteiger partial charge in [0.05, 0.1) is 5.56 Å². The smallest absolute Gasteiger partial charge is 0.364 e. The quantitative estimate of drug-likeness (QED) is 0.740. The van der Waals surface area contributed by atoms with E-state index in [1.165, 1.54) is 12.1 Å². The summed E-state index contributed by atoms with van der Waals surface area (Å²) in [5, 5.41) is 17.1. The van der Waals surface area contributed by atoms with E-state index in [9.17, 15) is 13.2 Å². The molecule has 1 aliphatic rings. The number of fused-ring (bicyclic) bond motifs is 1. The average Bonchev–Trinajstić information content (AvgIpc) is 3.15. The van der Waals surface area contributed by atoms with Crippen LogP contribution in [0.4, 0.5) is 19.0 Å². The molecule has 0 amide bonds. The lowest BCUT2D eigenvalue weighted by Crippen LogP contribution is -2.23. The second-order valence-electron chi connectivity index (χ2n) is 6.35. The van der Waals surface area contributed by atoms with Gasteiger partial charge in [0, 0.05) is 28.9 Å². The van der Waals surface area contributed by atoms with E-state index in [1.54, 1.807) is 0 Å². The van der Waals surface area contributed by atoms with Crippen LogP contribution in [0.25, 0.3) is 22.0 Å². The van der Waals surface area contributed by atoms with Crippen molar-refractivity contribution in [2.24, 2.45) is 0 Å². The molecule has 1 fully saturated rings. The fourth-order valence-electron chi connectivity index (χ4n) is 3.21. The van der Waals surface area contributed by atoms with Crippen LogP contribution in [0.5, 0.6) is 0 Å². The first kappa shape index (κ1) is 16.8. The van der Waals surface area contributed by atoms with Crippen molar-refractivity contribution in [2.75, 3.05) is 18.4 Å². The van der Waals surface area contributed by atoms with Gasteiger partial charge in [-0.3, -0.25) is 0 Å². The van der Waals surface area contributed by atoms with Crippen LogP contribution in [0.1, 0.15) is 12.0 Å². The van der Waals surface area contributed by atoms with Crippen LogP contribution >= 0.6 is 0 Å². The zero-order valence-electron chi connectivity index (χ0n) is 13.8. The van der Waals surface area contributed by atoms with Crippen molar-refractivity contribution in [3.63, 3.8) is 0 Å². The average molecular weight is 358 g/mol. The highest BCUT2D eigenvalue weighted by Crippen LogP contribution is 2.33. The highest BCUT2D eigenvalue weighted by molar-refractivity contribution is 6.00. The van der Waals surface area contributed by atoms with E-state index in [0.717, 1.165) is 42.4 Å². The Morgan fingerprint density at radius 3 is 2.35 bits per heavy atom. The SMILES string of the molecule is FC(F)(F)c1ccc(-c2nnc(N[C@@H]3CCNC3)c3ccccc23)cc1. The van der Waals surface area contributed by atoms with Gasteiger partial charge in [0.25, 0.3) is 0 Å². The minimum absolute atomic E-state index is 0.296. The highest BCUT2D eigenvalue weighted by Gasteiger charge is 2.30. The Bertz CT molecular complexity index is 916. The number of nitrogens with zero attached hydrogens (tertiary/aromatic N) is 2. The fraction of sp³-hybridized carbons (Fsp3) is 0.263. The number of benzene rings is 2. The lowest BCUT2D eigenvalue weighted by molar-refractivity contribution is -0.137.